The zero-order chi connectivity index (χ0) is 22.9. The Hall–Kier alpha value is -3.21. The highest BCUT2D eigenvalue weighted by Gasteiger charge is 2.09. The second-order valence-electron chi connectivity index (χ2n) is 7.69. The molecule has 0 amide bonds. The Balaban J connectivity index is 0.00000324. The lowest BCUT2D eigenvalue weighted by Crippen LogP contribution is -2.37. The first kappa shape index (κ1) is 25.4. The number of rotatable bonds is 9. The van der Waals surface area contributed by atoms with Crippen LogP contribution in [0.25, 0.3) is 17.1 Å². The number of nitrogens with zero attached hydrogens (tertiary/aromatic N) is 5. The number of aliphatic imine (C=N–C) groups is 1. The van der Waals surface area contributed by atoms with Gasteiger partial charge in [-0.15, -0.1) is 24.0 Å². The molecule has 4 aromatic rings. The van der Waals surface area contributed by atoms with Crippen molar-refractivity contribution in [1.82, 2.24) is 30.6 Å². The highest BCUT2D eigenvalue weighted by molar-refractivity contribution is 14.0. The van der Waals surface area contributed by atoms with Gasteiger partial charge in [0.05, 0.1) is 5.69 Å². The topological polar surface area (TPSA) is 93.2 Å². The van der Waals surface area contributed by atoms with E-state index in [0.29, 0.717) is 12.4 Å². The van der Waals surface area contributed by atoms with Crippen LogP contribution in [-0.4, -0.2) is 39.5 Å². The molecule has 0 aliphatic carbocycles. The van der Waals surface area contributed by atoms with Crippen LogP contribution in [0.5, 0.6) is 0 Å². The van der Waals surface area contributed by atoms with E-state index in [2.05, 4.69) is 74.2 Å². The van der Waals surface area contributed by atoms with E-state index >= 15 is 0 Å². The number of aromatic nitrogens is 4. The largest absolute Gasteiger partial charge is 0.356 e. The molecule has 0 unspecified atom stereocenters. The first-order valence-corrected chi connectivity index (χ1v) is 11.2. The van der Waals surface area contributed by atoms with Crippen molar-refractivity contribution in [1.29, 1.82) is 0 Å². The van der Waals surface area contributed by atoms with Gasteiger partial charge in [0.1, 0.15) is 0 Å². The van der Waals surface area contributed by atoms with Crippen LogP contribution in [0, 0.1) is 0 Å². The van der Waals surface area contributed by atoms with Crippen molar-refractivity contribution >= 4 is 29.9 Å². The zero-order valence-corrected chi connectivity index (χ0v) is 21.8. The average Bonchev–Trinajstić information content (AvgIpc) is 3.55. The fraction of sp³-hybridized carbons (Fsp3) is 0.280. The molecule has 2 N–H and O–H groups in total. The van der Waals surface area contributed by atoms with Crippen molar-refractivity contribution in [2.45, 2.75) is 32.7 Å². The molecule has 0 atom stereocenters. The molecule has 2 aromatic carbocycles. The fourth-order valence-corrected chi connectivity index (χ4v) is 3.48. The van der Waals surface area contributed by atoms with Gasteiger partial charge in [-0.3, -0.25) is 4.99 Å². The molecular formula is C25H30IN7O. The number of benzene rings is 2. The summed E-state index contributed by atoms with van der Waals surface area (Å²) < 4.78 is 7.26. The van der Waals surface area contributed by atoms with Gasteiger partial charge in [-0.2, -0.15) is 10.1 Å². The summed E-state index contributed by atoms with van der Waals surface area (Å²) in [7, 11) is 1.78. The molecule has 0 aliphatic rings. The first-order chi connectivity index (χ1) is 16.2. The van der Waals surface area contributed by atoms with E-state index < -0.39 is 0 Å². The van der Waals surface area contributed by atoms with Gasteiger partial charge in [0.25, 0.3) is 5.89 Å². The second kappa shape index (κ2) is 12.9. The van der Waals surface area contributed by atoms with E-state index in [0.717, 1.165) is 54.4 Å². The monoisotopic (exact) mass is 571 g/mol. The average molecular weight is 571 g/mol. The van der Waals surface area contributed by atoms with E-state index in [4.69, 9.17) is 4.52 Å². The smallest absolute Gasteiger partial charge is 0.257 e. The van der Waals surface area contributed by atoms with Crippen molar-refractivity contribution in [3.8, 4) is 17.1 Å². The predicted molar refractivity (Wildman–Crippen MR) is 145 cm³/mol. The van der Waals surface area contributed by atoms with Crippen LogP contribution in [0.2, 0.25) is 0 Å². The normalized spacial score (nSPS) is 11.2. The summed E-state index contributed by atoms with van der Waals surface area (Å²) in [6, 6.07) is 18.4. The fourth-order valence-electron chi connectivity index (χ4n) is 3.48. The summed E-state index contributed by atoms with van der Waals surface area (Å²) in [5, 5.41) is 15.0. The van der Waals surface area contributed by atoms with Gasteiger partial charge >= 0.3 is 0 Å². The Labute approximate surface area is 216 Å². The third-order valence-electron chi connectivity index (χ3n) is 5.21. The summed E-state index contributed by atoms with van der Waals surface area (Å²) in [6.45, 7) is 3.52. The van der Waals surface area contributed by atoms with Gasteiger partial charge in [-0.05, 0) is 54.3 Å². The molecule has 0 saturated carbocycles. The van der Waals surface area contributed by atoms with Gasteiger partial charge in [0.2, 0.25) is 0 Å². The van der Waals surface area contributed by atoms with E-state index in [1.807, 2.05) is 29.1 Å². The number of halogens is 1. The first-order valence-electron chi connectivity index (χ1n) is 11.2. The number of hydrogen-bond donors (Lipinski definition) is 2. The molecule has 0 fully saturated rings. The summed E-state index contributed by atoms with van der Waals surface area (Å²) in [5.74, 6) is 2.06. The van der Waals surface area contributed by atoms with Gasteiger partial charge < -0.3 is 15.2 Å². The van der Waals surface area contributed by atoms with Crippen molar-refractivity contribution < 1.29 is 4.52 Å². The van der Waals surface area contributed by atoms with Crippen LogP contribution in [0.3, 0.4) is 0 Å². The molecule has 0 radical (unpaired) electrons. The van der Waals surface area contributed by atoms with Gasteiger partial charge in [-0.25, -0.2) is 4.68 Å². The maximum Gasteiger partial charge on any atom is 0.257 e. The molecule has 178 valence electrons. The Bertz CT molecular complexity index is 1170. The Morgan fingerprint density at radius 2 is 1.88 bits per heavy atom. The Morgan fingerprint density at radius 1 is 1.03 bits per heavy atom. The van der Waals surface area contributed by atoms with Crippen molar-refractivity contribution in [3.05, 3.63) is 83.9 Å². The maximum absolute atomic E-state index is 5.41. The molecule has 0 saturated heterocycles. The number of nitrogens with one attached hydrogen (secondary N) is 2. The minimum atomic E-state index is 0. The molecule has 0 aliphatic heterocycles. The quantitative estimate of drug-likeness (QED) is 0.176. The van der Waals surface area contributed by atoms with Crippen molar-refractivity contribution in [3.63, 3.8) is 0 Å². The minimum Gasteiger partial charge on any atom is -0.356 e. The van der Waals surface area contributed by atoms with E-state index in [9.17, 15) is 0 Å². The second-order valence-corrected chi connectivity index (χ2v) is 7.69. The summed E-state index contributed by atoms with van der Waals surface area (Å²) in [6.07, 6.45) is 6.43. The number of hydrogen-bond acceptors (Lipinski definition) is 5. The molecule has 34 heavy (non-hydrogen) atoms. The van der Waals surface area contributed by atoms with Crippen LogP contribution >= 0.6 is 24.0 Å². The summed E-state index contributed by atoms with van der Waals surface area (Å²) in [4.78, 5) is 8.80. The third-order valence-corrected chi connectivity index (χ3v) is 5.21. The maximum atomic E-state index is 5.41. The molecular weight excluding hydrogens is 541 g/mol. The minimum absolute atomic E-state index is 0. The van der Waals surface area contributed by atoms with Crippen molar-refractivity contribution in [2.75, 3.05) is 13.6 Å². The van der Waals surface area contributed by atoms with Crippen LogP contribution in [0.15, 0.2) is 76.5 Å². The zero-order valence-electron chi connectivity index (χ0n) is 19.4. The van der Waals surface area contributed by atoms with Gasteiger partial charge in [0.15, 0.2) is 11.8 Å². The molecule has 0 bridgehead atoms. The highest BCUT2D eigenvalue weighted by atomic mass is 127. The van der Waals surface area contributed by atoms with E-state index in [-0.39, 0.29) is 24.0 Å². The van der Waals surface area contributed by atoms with Gasteiger partial charge in [-0.1, -0.05) is 36.3 Å². The molecule has 2 heterocycles. The van der Waals surface area contributed by atoms with Crippen LogP contribution in [0.1, 0.15) is 30.3 Å². The molecule has 8 nitrogen and oxygen atoms in total. The van der Waals surface area contributed by atoms with E-state index in [1.54, 1.807) is 13.2 Å². The van der Waals surface area contributed by atoms with Crippen LogP contribution < -0.4 is 10.6 Å². The lowest BCUT2D eigenvalue weighted by atomic mass is 10.1. The highest BCUT2D eigenvalue weighted by Crippen LogP contribution is 2.19. The predicted octanol–water partition coefficient (Wildman–Crippen LogP) is 4.40. The molecule has 9 heteroatoms. The van der Waals surface area contributed by atoms with Crippen LogP contribution in [-0.2, 0) is 19.4 Å². The van der Waals surface area contributed by atoms with E-state index in [1.165, 1.54) is 5.56 Å². The third kappa shape index (κ3) is 6.89. The van der Waals surface area contributed by atoms with Gasteiger partial charge in [0, 0.05) is 44.5 Å². The lowest BCUT2D eigenvalue weighted by Gasteiger charge is -2.12. The lowest BCUT2D eigenvalue weighted by molar-refractivity contribution is 0.422. The molecule has 4 rings (SSSR count). The molecule has 0 spiro atoms. The Morgan fingerprint density at radius 3 is 2.62 bits per heavy atom. The summed E-state index contributed by atoms with van der Waals surface area (Å²) in [5.41, 5.74) is 4.34. The molecule has 2 aromatic heterocycles. The van der Waals surface area contributed by atoms with Crippen molar-refractivity contribution in [2.24, 2.45) is 4.99 Å². The summed E-state index contributed by atoms with van der Waals surface area (Å²) >= 11 is 0. The Kier molecular flexibility index (Phi) is 9.62. The number of aryl methyl sites for hydroxylation is 1. The number of guanidine groups is 1. The standard InChI is InChI=1S/C25H29N7O.HI/c1-3-6-23-30-24(33-31-23)21-8-4-7-20(17-21)18-28-25(26-2)27-15-13-19-9-11-22(12-10-19)32-16-5-14-29-32;/h4-5,7-12,14,16-17H,3,6,13,15,18H2,1-2H3,(H2,26,27,28);1H. The SMILES string of the molecule is CCCc1noc(-c2cccc(CNC(=NC)NCCc3ccc(-n4cccn4)cc3)c2)n1.I. The van der Waals surface area contributed by atoms with Crippen LogP contribution in [0.4, 0.5) is 0 Å².